The second-order valence-corrected chi connectivity index (χ2v) is 7.15. The van der Waals surface area contributed by atoms with Crippen LogP contribution in [0.2, 0.25) is 0 Å². The van der Waals surface area contributed by atoms with E-state index in [0.29, 0.717) is 12.5 Å². The van der Waals surface area contributed by atoms with Gasteiger partial charge in [-0.1, -0.05) is 12.8 Å². The van der Waals surface area contributed by atoms with Crippen LogP contribution in [-0.2, 0) is 0 Å². The Balaban J connectivity index is 1.71. The van der Waals surface area contributed by atoms with Crippen molar-refractivity contribution in [2.24, 2.45) is 11.7 Å². The van der Waals surface area contributed by atoms with Gasteiger partial charge in [-0.2, -0.15) is 0 Å². The molecule has 5 heteroatoms. The number of hydrogen-bond donors (Lipinski definition) is 2. The molecule has 1 amide bonds. The van der Waals surface area contributed by atoms with Crippen LogP contribution in [0.15, 0.2) is 17.5 Å². The van der Waals surface area contributed by atoms with Gasteiger partial charge in [-0.3, -0.25) is 4.79 Å². The molecule has 3 rings (SSSR count). The maximum absolute atomic E-state index is 12.3. The lowest BCUT2D eigenvalue weighted by Crippen LogP contribution is -2.44. The van der Waals surface area contributed by atoms with Crippen LogP contribution in [-0.4, -0.2) is 18.5 Å². The Hall–Kier alpha value is -0.910. The van der Waals surface area contributed by atoms with E-state index in [1.165, 1.54) is 22.2 Å². The highest BCUT2D eigenvalue weighted by molar-refractivity contribution is 7.27. The topological polar surface area (TPSA) is 55.1 Å². The quantitative estimate of drug-likeness (QED) is 0.913. The number of fused-ring (bicyclic) bond motifs is 1. The maximum atomic E-state index is 12.3. The zero-order chi connectivity index (χ0) is 13.2. The van der Waals surface area contributed by atoms with Crippen LogP contribution in [0.4, 0.5) is 0 Å². The van der Waals surface area contributed by atoms with E-state index in [-0.39, 0.29) is 11.9 Å². The Labute approximate surface area is 120 Å². The smallest absolute Gasteiger partial charge is 0.261 e. The van der Waals surface area contributed by atoms with Crippen LogP contribution in [0.5, 0.6) is 0 Å². The molecule has 3 N–H and O–H groups in total. The summed E-state index contributed by atoms with van der Waals surface area (Å²) in [4.78, 5) is 13.1. The number of rotatable bonds is 3. The van der Waals surface area contributed by atoms with Crippen molar-refractivity contribution < 1.29 is 4.79 Å². The molecule has 1 aliphatic carbocycles. The van der Waals surface area contributed by atoms with Gasteiger partial charge in [-0.05, 0) is 42.8 Å². The van der Waals surface area contributed by atoms with Gasteiger partial charge in [0, 0.05) is 15.4 Å². The van der Waals surface area contributed by atoms with Crippen molar-refractivity contribution in [2.45, 2.75) is 31.7 Å². The minimum absolute atomic E-state index is 0.0683. The summed E-state index contributed by atoms with van der Waals surface area (Å²) < 4.78 is 2.41. The van der Waals surface area contributed by atoms with Crippen LogP contribution in [0.1, 0.15) is 35.4 Å². The minimum Gasteiger partial charge on any atom is -0.348 e. The molecule has 2 unspecified atom stereocenters. The van der Waals surface area contributed by atoms with Gasteiger partial charge in [0.2, 0.25) is 0 Å². The molecular weight excluding hydrogens is 276 g/mol. The number of amides is 1. The molecule has 0 aromatic carbocycles. The summed E-state index contributed by atoms with van der Waals surface area (Å²) in [5, 5.41) is 5.25. The van der Waals surface area contributed by atoms with Crippen molar-refractivity contribution in [3.8, 4) is 0 Å². The number of hydrogen-bond acceptors (Lipinski definition) is 4. The number of carbonyl (C=O) groups is 1. The summed E-state index contributed by atoms with van der Waals surface area (Å²) in [5.41, 5.74) is 5.81. The summed E-state index contributed by atoms with van der Waals surface area (Å²) in [6.07, 6.45) is 4.64. The SMILES string of the molecule is NCC1CCCCC1NC(=O)c1cc2sccc2s1. The predicted molar refractivity (Wildman–Crippen MR) is 82.0 cm³/mol. The van der Waals surface area contributed by atoms with Crippen molar-refractivity contribution in [3.63, 3.8) is 0 Å². The summed E-state index contributed by atoms with van der Waals surface area (Å²) in [7, 11) is 0. The summed E-state index contributed by atoms with van der Waals surface area (Å²) in [5.74, 6) is 0.512. The van der Waals surface area contributed by atoms with Crippen LogP contribution in [0, 0.1) is 5.92 Å². The molecule has 19 heavy (non-hydrogen) atoms. The molecule has 2 aromatic heterocycles. The molecule has 0 aliphatic heterocycles. The molecule has 2 heterocycles. The van der Waals surface area contributed by atoms with Crippen molar-refractivity contribution >= 4 is 38.0 Å². The Bertz CT molecular complexity index is 546. The largest absolute Gasteiger partial charge is 0.348 e. The third-order valence-electron chi connectivity index (χ3n) is 3.89. The summed E-state index contributed by atoms with van der Waals surface area (Å²) in [6.45, 7) is 0.671. The first-order chi connectivity index (χ1) is 9.28. The molecule has 2 atom stereocenters. The summed E-state index contributed by atoms with van der Waals surface area (Å²) >= 11 is 3.26. The number of nitrogens with one attached hydrogen (secondary N) is 1. The Kier molecular flexibility index (Phi) is 3.86. The lowest BCUT2D eigenvalue weighted by Gasteiger charge is -2.31. The highest BCUT2D eigenvalue weighted by Gasteiger charge is 2.26. The fraction of sp³-hybridized carbons (Fsp3) is 0.500. The van der Waals surface area contributed by atoms with E-state index >= 15 is 0 Å². The molecule has 102 valence electrons. The Morgan fingerprint density at radius 1 is 1.37 bits per heavy atom. The van der Waals surface area contributed by atoms with Gasteiger partial charge in [0.25, 0.3) is 5.91 Å². The van der Waals surface area contributed by atoms with E-state index in [0.717, 1.165) is 17.7 Å². The van der Waals surface area contributed by atoms with Gasteiger partial charge in [0.05, 0.1) is 4.88 Å². The van der Waals surface area contributed by atoms with E-state index in [2.05, 4.69) is 16.8 Å². The van der Waals surface area contributed by atoms with Crippen molar-refractivity contribution in [2.75, 3.05) is 6.54 Å². The van der Waals surface area contributed by atoms with E-state index in [9.17, 15) is 4.79 Å². The molecule has 0 saturated heterocycles. The molecule has 0 radical (unpaired) electrons. The number of carbonyl (C=O) groups excluding carboxylic acids is 1. The molecule has 1 fully saturated rings. The standard InChI is InChI=1S/C14H18N2OS2/c15-8-9-3-1-2-4-10(9)16-14(17)13-7-12-11(19-13)5-6-18-12/h5-7,9-10H,1-4,8,15H2,(H,16,17). The minimum atomic E-state index is 0.0683. The van der Waals surface area contributed by atoms with E-state index in [1.807, 2.05) is 6.07 Å². The summed E-state index contributed by atoms with van der Waals surface area (Å²) in [6, 6.07) is 4.33. The first-order valence-electron chi connectivity index (χ1n) is 6.76. The van der Waals surface area contributed by atoms with E-state index < -0.39 is 0 Å². The van der Waals surface area contributed by atoms with Crippen LogP contribution in [0.3, 0.4) is 0 Å². The Morgan fingerprint density at radius 2 is 2.21 bits per heavy atom. The van der Waals surface area contributed by atoms with Crippen molar-refractivity contribution in [3.05, 3.63) is 22.4 Å². The van der Waals surface area contributed by atoms with E-state index in [1.54, 1.807) is 22.7 Å². The fourth-order valence-corrected chi connectivity index (χ4v) is 4.81. The predicted octanol–water partition coefficient (Wildman–Crippen LogP) is 3.21. The number of thiophene rings is 2. The monoisotopic (exact) mass is 294 g/mol. The maximum Gasteiger partial charge on any atom is 0.261 e. The number of nitrogens with two attached hydrogens (primary N) is 1. The van der Waals surface area contributed by atoms with Crippen LogP contribution in [0.25, 0.3) is 9.40 Å². The fourth-order valence-electron chi connectivity index (χ4n) is 2.80. The van der Waals surface area contributed by atoms with Gasteiger partial charge in [-0.15, -0.1) is 22.7 Å². The van der Waals surface area contributed by atoms with Gasteiger partial charge in [0.1, 0.15) is 0 Å². The van der Waals surface area contributed by atoms with Crippen molar-refractivity contribution in [1.29, 1.82) is 0 Å². The zero-order valence-electron chi connectivity index (χ0n) is 10.7. The second-order valence-electron chi connectivity index (χ2n) is 5.12. The third-order valence-corrected chi connectivity index (χ3v) is 5.98. The molecule has 2 aromatic rings. The van der Waals surface area contributed by atoms with Crippen LogP contribution >= 0.6 is 22.7 Å². The third kappa shape index (κ3) is 2.68. The molecule has 0 bridgehead atoms. The van der Waals surface area contributed by atoms with Crippen molar-refractivity contribution in [1.82, 2.24) is 5.32 Å². The highest BCUT2D eigenvalue weighted by atomic mass is 32.1. The molecule has 1 saturated carbocycles. The lowest BCUT2D eigenvalue weighted by molar-refractivity contribution is 0.0912. The second kappa shape index (κ2) is 5.61. The molecule has 0 spiro atoms. The average Bonchev–Trinajstić information content (AvgIpc) is 3.00. The zero-order valence-corrected chi connectivity index (χ0v) is 12.4. The first kappa shape index (κ1) is 13.1. The molecular formula is C14H18N2OS2. The lowest BCUT2D eigenvalue weighted by atomic mass is 9.84. The van der Waals surface area contributed by atoms with E-state index in [4.69, 9.17) is 5.73 Å². The Morgan fingerprint density at radius 3 is 3.00 bits per heavy atom. The highest BCUT2D eigenvalue weighted by Crippen LogP contribution is 2.30. The van der Waals surface area contributed by atoms with Gasteiger partial charge < -0.3 is 11.1 Å². The van der Waals surface area contributed by atoms with Gasteiger partial charge in [0.15, 0.2) is 0 Å². The molecule has 1 aliphatic rings. The average molecular weight is 294 g/mol. The normalized spacial score (nSPS) is 23.6. The van der Waals surface area contributed by atoms with Gasteiger partial charge >= 0.3 is 0 Å². The molecule has 3 nitrogen and oxygen atoms in total. The first-order valence-corrected chi connectivity index (χ1v) is 8.45. The van der Waals surface area contributed by atoms with Crippen LogP contribution < -0.4 is 11.1 Å². The van der Waals surface area contributed by atoms with Gasteiger partial charge in [-0.25, -0.2) is 0 Å².